The summed E-state index contributed by atoms with van der Waals surface area (Å²) in [6.07, 6.45) is 8.31. The van der Waals surface area contributed by atoms with E-state index in [-0.39, 0.29) is 24.0 Å². The lowest BCUT2D eigenvalue weighted by Gasteiger charge is -2.21. The van der Waals surface area contributed by atoms with Gasteiger partial charge in [-0.25, -0.2) is 9.98 Å². The monoisotopic (exact) mass is 474 g/mol. The van der Waals surface area contributed by atoms with E-state index in [0.717, 1.165) is 37.0 Å². The van der Waals surface area contributed by atoms with E-state index in [1.54, 1.807) is 11.3 Å². The third kappa shape index (κ3) is 5.67. The summed E-state index contributed by atoms with van der Waals surface area (Å²) >= 11 is 1.72. The van der Waals surface area contributed by atoms with E-state index in [2.05, 4.69) is 40.3 Å². The summed E-state index contributed by atoms with van der Waals surface area (Å²) in [6.45, 7) is 7.86. The lowest BCUT2D eigenvalue weighted by Crippen LogP contribution is -2.40. The van der Waals surface area contributed by atoms with Crippen molar-refractivity contribution in [3.63, 3.8) is 0 Å². The number of likely N-dealkylation sites (tertiary alicyclic amines) is 1. The van der Waals surface area contributed by atoms with E-state index in [0.29, 0.717) is 12.5 Å². The van der Waals surface area contributed by atoms with Gasteiger partial charge >= 0.3 is 0 Å². The van der Waals surface area contributed by atoms with Gasteiger partial charge in [-0.05, 0) is 38.2 Å². The first-order chi connectivity index (χ1) is 11.6. The molecule has 3 heterocycles. The van der Waals surface area contributed by atoms with Crippen molar-refractivity contribution in [2.45, 2.75) is 33.2 Å². The second-order valence-electron chi connectivity index (χ2n) is 6.36. The zero-order valence-corrected chi connectivity index (χ0v) is 18.3. The molecular formula is C17H27IN6S. The molecule has 0 amide bonds. The van der Waals surface area contributed by atoms with Gasteiger partial charge in [0.1, 0.15) is 5.01 Å². The van der Waals surface area contributed by atoms with Crippen molar-refractivity contribution in [1.29, 1.82) is 0 Å². The molecule has 1 N–H and O–H groups in total. The van der Waals surface area contributed by atoms with Crippen molar-refractivity contribution >= 4 is 41.3 Å². The Bertz CT molecular complexity index is 695. The van der Waals surface area contributed by atoms with Gasteiger partial charge in [0.15, 0.2) is 5.96 Å². The van der Waals surface area contributed by atoms with Crippen molar-refractivity contribution in [2.24, 2.45) is 18.0 Å². The van der Waals surface area contributed by atoms with Crippen LogP contribution >= 0.6 is 35.3 Å². The zero-order chi connectivity index (χ0) is 16.9. The van der Waals surface area contributed by atoms with Crippen LogP contribution in [0.25, 0.3) is 0 Å². The number of halogens is 1. The average molecular weight is 474 g/mol. The number of aromatic nitrogens is 3. The fourth-order valence-electron chi connectivity index (χ4n) is 3.15. The number of aliphatic imine (C=N–C) groups is 1. The fourth-order valence-corrected chi connectivity index (χ4v) is 3.86. The van der Waals surface area contributed by atoms with E-state index >= 15 is 0 Å². The number of aryl methyl sites for hydroxylation is 2. The summed E-state index contributed by atoms with van der Waals surface area (Å²) in [7, 11) is 1.97. The van der Waals surface area contributed by atoms with Gasteiger partial charge in [0.2, 0.25) is 0 Å². The second kappa shape index (κ2) is 9.51. The fraction of sp³-hybridized carbons (Fsp3) is 0.588. The maximum Gasteiger partial charge on any atom is 0.194 e. The van der Waals surface area contributed by atoms with Crippen LogP contribution in [0.2, 0.25) is 0 Å². The van der Waals surface area contributed by atoms with Gasteiger partial charge < -0.3 is 10.2 Å². The minimum atomic E-state index is 0. The Labute approximate surface area is 170 Å². The molecule has 6 nitrogen and oxygen atoms in total. The molecule has 3 rings (SSSR count). The normalized spacial score (nSPS) is 17.6. The van der Waals surface area contributed by atoms with Crippen LogP contribution < -0.4 is 5.32 Å². The SMILES string of the molecule is CCNC(=NCc1ncc(C)s1)N1CCC(Cc2cnn(C)c2)C1.I. The molecule has 0 saturated carbocycles. The van der Waals surface area contributed by atoms with Gasteiger partial charge in [-0.2, -0.15) is 5.10 Å². The van der Waals surface area contributed by atoms with Crippen molar-refractivity contribution < 1.29 is 0 Å². The molecule has 0 aliphatic carbocycles. The van der Waals surface area contributed by atoms with Crippen molar-refractivity contribution in [2.75, 3.05) is 19.6 Å². The molecule has 1 unspecified atom stereocenters. The second-order valence-corrected chi connectivity index (χ2v) is 7.68. The van der Waals surface area contributed by atoms with Crippen LogP contribution in [0.4, 0.5) is 0 Å². The number of hydrogen-bond acceptors (Lipinski definition) is 4. The predicted octanol–water partition coefficient (Wildman–Crippen LogP) is 2.83. The lowest BCUT2D eigenvalue weighted by molar-refractivity contribution is 0.460. The van der Waals surface area contributed by atoms with E-state index in [1.807, 2.05) is 24.1 Å². The number of rotatable bonds is 5. The van der Waals surface area contributed by atoms with E-state index in [4.69, 9.17) is 4.99 Å². The van der Waals surface area contributed by atoms with Crippen LogP contribution in [0.5, 0.6) is 0 Å². The van der Waals surface area contributed by atoms with Crippen LogP contribution in [0.3, 0.4) is 0 Å². The summed E-state index contributed by atoms with van der Waals surface area (Å²) in [5.41, 5.74) is 1.32. The largest absolute Gasteiger partial charge is 0.357 e. The van der Waals surface area contributed by atoms with Crippen molar-refractivity contribution in [1.82, 2.24) is 25.0 Å². The molecule has 0 radical (unpaired) electrons. The summed E-state index contributed by atoms with van der Waals surface area (Å²) in [5.74, 6) is 1.68. The van der Waals surface area contributed by atoms with E-state index < -0.39 is 0 Å². The zero-order valence-electron chi connectivity index (χ0n) is 15.1. The van der Waals surface area contributed by atoms with Gasteiger partial charge in [0.05, 0.1) is 12.7 Å². The number of guanidine groups is 1. The standard InChI is InChI=1S/C17H26N6S.HI/c1-4-18-17(20-10-16-19-8-13(2)24-16)23-6-5-14(12-23)7-15-9-21-22(3)11-15;/h8-9,11,14H,4-7,10,12H2,1-3H3,(H,18,20);1H. The molecular weight excluding hydrogens is 447 g/mol. The van der Waals surface area contributed by atoms with Crippen molar-refractivity contribution in [3.8, 4) is 0 Å². The molecule has 2 aromatic rings. The smallest absolute Gasteiger partial charge is 0.194 e. The lowest BCUT2D eigenvalue weighted by atomic mass is 10.0. The molecule has 1 fully saturated rings. The minimum absolute atomic E-state index is 0. The Morgan fingerprint density at radius 1 is 1.44 bits per heavy atom. The first-order valence-electron chi connectivity index (χ1n) is 8.56. The van der Waals surface area contributed by atoms with Gasteiger partial charge in [-0.1, -0.05) is 0 Å². The molecule has 0 spiro atoms. The van der Waals surface area contributed by atoms with Crippen LogP contribution in [0.15, 0.2) is 23.6 Å². The highest BCUT2D eigenvalue weighted by molar-refractivity contribution is 14.0. The van der Waals surface area contributed by atoms with Gasteiger partial charge in [0.25, 0.3) is 0 Å². The summed E-state index contributed by atoms with van der Waals surface area (Å²) in [4.78, 5) is 12.8. The Balaban J connectivity index is 0.00000225. The molecule has 0 aromatic carbocycles. The summed E-state index contributed by atoms with van der Waals surface area (Å²) in [5, 5.41) is 8.77. The topological polar surface area (TPSA) is 58.3 Å². The van der Waals surface area contributed by atoms with Crippen LogP contribution in [0, 0.1) is 12.8 Å². The number of nitrogens with one attached hydrogen (secondary N) is 1. The van der Waals surface area contributed by atoms with Gasteiger partial charge in [0, 0.05) is 44.0 Å². The number of nitrogens with zero attached hydrogens (tertiary/aromatic N) is 5. The maximum absolute atomic E-state index is 4.79. The van der Waals surface area contributed by atoms with Crippen LogP contribution in [-0.2, 0) is 20.0 Å². The third-order valence-electron chi connectivity index (χ3n) is 4.24. The number of thiazole rings is 1. The molecule has 8 heteroatoms. The molecule has 0 bridgehead atoms. The van der Waals surface area contributed by atoms with Gasteiger partial charge in [-0.3, -0.25) is 4.68 Å². The quantitative estimate of drug-likeness (QED) is 0.412. The molecule has 1 saturated heterocycles. The molecule has 1 atom stereocenters. The first-order valence-corrected chi connectivity index (χ1v) is 9.37. The Kier molecular flexibility index (Phi) is 7.67. The molecule has 1 aliphatic rings. The highest BCUT2D eigenvalue weighted by Crippen LogP contribution is 2.21. The third-order valence-corrected chi connectivity index (χ3v) is 5.13. The van der Waals surface area contributed by atoms with Crippen molar-refractivity contribution in [3.05, 3.63) is 34.0 Å². The highest BCUT2D eigenvalue weighted by Gasteiger charge is 2.25. The molecule has 2 aromatic heterocycles. The minimum Gasteiger partial charge on any atom is -0.357 e. The Morgan fingerprint density at radius 3 is 2.92 bits per heavy atom. The maximum atomic E-state index is 4.79. The predicted molar refractivity (Wildman–Crippen MR) is 114 cm³/mol. The Morgan fingerprint density at radius 2 is 2.28 bits per heavy atom. The Hall–Kier alpha value is -1.16. The summed E-state index contributed by atoms with van der Waals surface area (Å²) < 4.78 is 1.88. The van der Waals surface area contributed by atoms with E-state index in [9.17, 15) is 0 Å². The number of hydrogen-bond donors (Lipinski definition) is 1. The molecule has 138 valence electrons. The van der Waals surface area contributed by atoms with Crippen LogP contribution in [-0.4, -0.2) is 45.3 Å². The first kappa shape index (κ1) is 20.2. The highest BCUT2D eigenvalue weighted by atomic mass is 127. The van der Waals surface area contributed by atoms with Crippen LogP contribution in [0.1, 0.15) is 28.8 Å². The average Bonchev–Trinajstić information content (AvgIpc) is 3.27. The summed E-state index contributed by atoms with van der Waals surface area (Å²) in [6, 6.07) is 0. The molecule has 1 aliphatic heterocycles. The van der Waals surface area contributed by atoms with E-state index in [1.165, 1.54) is 16.9 Å². The molecule has 25 heavy (non-hydrogen) atoms. The van der Waals surface area contributed by atoms with Gasteiger partial charge in [-0.15, -0.1) is 35.3 Å².